The number of ether oxygens (including phenoxy) is 2. The van der Waals surface area contributed by atoms with Gasteiger partial charge in [0.2, 0.25) is 5.88 Å². The molecule has 0 fully saturated rings. The molecule has 0 amide bonds. The van der Waals surface area contributed by atoms with Crippen LogP contribution in [0.4, 0.5) is 0 Å². The number of imidazole rings is 1. The number of nitrogens with zero attached hydrogens (tertiary/aromatic N) is 2. The van der Waals surface area contributed by atoms with Crippen molar-refractivity contribution in [2.24, 2.45) is 0 Å². The quantitative estimate of drug-likeness (QED) is 0.190. The summed E-state index contributed by atoms with van der Waals surface area (Å²) in [6.45, 7) is 0. The van der Waals surface area contributed by atoms with Crippen LogP contribution in [0.25, 0.3) is 16.6 Å². The molecule has 3 aromatic carbocycles. The van der Waals surface area contributed by atoms with Crippen LogP contribution < -0.4 is 4.74 Å². The van der Waals surface area contributed by atoms with E-state index in [1.54, 1.807) is 29.9 Å². The molecule has 6 rings (SSSR count). The molecule has 5 aromatic rings. The van der Waals surface area contributed by atoms with Crippen molar-refractivity contribution in [2.75, 3.05) is 14.2 Å². The number of esters is 1. The SMILES string of the molecule is COC(=O)c1cccc(-n2c(O)c3n(c2=S)C(c2ccc(OC)cc2)c2[nH]c4ccc(Br)cc4c2C3)c1. The first kappa shape index (κ1) is 23.6. The fraction of sp³-hybridized carbons (Fsp3) is 0.143. The predicted molar refractivity (Wildman–Crippen MR) is 147 cm³/mol. The highest BCUT2D eigenvalue weighted by molar-refractivity contribution is 9.10. The van der Waals surface area contributed by atoms with Crippen LogP contribution in [0.5, 0.6) is 11.6 Å². The van der Waals surface area contributed by atoms with Crippen molar-refractivity contribution >= 4 is 45.0 Å². The Labute approximate surface area is 226 Å². The van der Waals surface area contributed by atoms with E-state index in [2.05, 4.69) is 27.0 Å². The van der Waals surface area contributed by atoms with Crippen LogP contribution in [-0.4, -0.2) is 39.4 Å². The van der Waals surface area contributed by atoms with Crippen molar-refractivity contribution in [3.63, 3.8) is 0 Å². The highest BCUT2D eigenvalue weighted by Gasteiger charge is 2.34. The summed E-state index contributed by atoms with van der Waals surface area (Å²) in [6.07, 6.45) is 0.484. The molecular weight excluding hydrogens is 554 g/mol. The van der Waals surface area contributed by atoms with Gasteiger partial charge in [-0.3, -0.25) is 4.57 Å². The van der Waals surface area contributed by atoms with Crippen molar-refractivity contribution in [1.29, 1.82) is 0 Å². The standard InChI is InChI=1S/C28H22BrN3O4S/c1-35-19-9-6-15(7-10-19)25-24-21(20-13-17(29)8-11-22(20)30-24)14-23-26(33)31(28(37)32(23)25)18-5-3-4-16(12-18)27(34)36-2/h3-13,25,30,33H,14H2,1-2H3. The number of hydrogen-bond donors (Lipinski definition) is 2. The first-order chi connectivity index (χ1) is 17.9. The Kier molecular flexibility index (Phi) is 5.69. The molecule has 2 N–H and O–H groups in total. The van der Waals surface area contributed by atoms with Gasteiger partial charge in [-0.15, -0.1) is 0 Å². The fourth-order valence-electron chi connectivity index (χ4n) is 5.17. The minimum Gasteiger partial charge on any atom is -0.497 e. The van der Waals surface area contributed by atoms with Crippen LogP contribution in [-0.2, 0) is 11.2 Å². The third kappa shape index (κ3) is 3.69. The van der Waals surface area contributed by atoms with E-state index in [4.69, 9.17) is 21.7 Å². The summed E-state index contributed by atoms with van der Waals surface area (Å²) >= 11 is 9.58. The summed E-state index contributed by atoms with van der Waals surface area (Å²) in [5, 5.41) is 12.6. The van der Waals surface area contributed by atoms with Crippen molar-refractivity contribution in [3.8, 4) is 17.3 Å². The van der Waals surface area contributed by atoms with Gasteiger partial charge < -0.3 is 24.1 Å². The first-order valence-electron chi connectivity index (χ1n) is 11.6. The molecule has 3 heterocycles. The van der Waals surface area contributed by atoms with Gasteiger partial charge in [-0.05, 0) is 71.9 Å². The van der Waals surface area contributed by atoms with E-state index >= 15 is 0 Å². The van der Waals surface area contributed by atoms with E-state index in [1.807, 2.05) is 47.0 Å². The summed E-state index contributed by atoms with van der Waals surface area (Å²) in [4.78, 5) is 15.8. The number of aromatic amines is 1. The molecule has 0 saturated heterocycles. The van der Waals surface area contributed by atoms with Crippen LogP contribution in [0.1, 0.15) is 38.9 Å². The number of H-pyrrole nitrogens is 1. The number of rotatable bonds is 4. The fourth-order valence-corrected chi connectivity index (χ4v) is 5.94. The lowest BCUT2D eigenvalue weighted by molar-refractivity contribution is 0.0600. The van der Waals surface area contributed by atoms with Gasteiger partial charge in [0, 0.05) is 27.5 Å². The zero-order chi connectivity index (χ0) is 25.8. The van der Waals surface area contributed by atoms with Gasteiger partial charge in [-0.2, -0.15) is 0 Å². The van der Waals surface area contributed by atoms with Gasteiger partial charge in [0.15, 0.2) is 4.77 Å². The number of fused-ring (bicyclic) bond motifs is 4. The van der Waals surface area contributed by atoms with Crippen LogP contribution in [0.15, 0.2) is 71.2 Å². The number of carbonyl (C=O) groups is 1. The zero-order valence-electron chi connectivity index (χ0n) is 20.0. The third-order valence-electron chi connectivity index (χ3n) is 6.89. The van der Waals surface area contributed by atoms with E-state index in [0.29, 0.717) is 28.1 Å². The molecule has 7 nitrogen and oxygen atoms in total. The Morgan fingerprint density at radius 1 is 1.11 bits per heavy atom. The summed E-state index contributed by atoms with van der Waals surface area (Å²) in [6, 6.07) is 20.6. The van der Waals surface area contributed by atoms with E-state index in [9.17, 15) is 9.90 Å². The molecule has 0 spiro atoms. The lowest BCUT2D eigenvalue weighted by Crippen LogP contribution is -2.21. The van der Waals surface area contributed by atoms with Crippen LogP contribution in [0.2, 0.25) is 0 Å². The van der Waals surface area contributed by atoms with Crippen LogP contribution in [0.3, 0.4) is 0 Å². The van der Waals surface area contributed by atoms with Crippen molar-refractivity contribution < 1.29 is 19.4 Å². The number of carbonyl (C=O) groups excluding carboxylic acids is 1. The highest BCUT2D eigenvalue weighted by atomic mass is 79.9. The lowest BCUT2D eigenvalue weighted by Gasteiger charge is -2.26. The predicted octanol–water partition coefficient (Wildman–Crippen LogP) is 6.29. The minimum absolute atomic E-state index is 0.0422. The molecule has 0 radical (unpaired) electrons. The normalized spacial score (nSPS) is 14.3. The van der Waals surface area contributed by atoms with E-state index in [-0.39, 0.29) is 11.9 Å². The number of nitrogens with one attached hydrogen (secondary N) is 1. The van der Waals surface area contributed by atoms with Gasteiger partial charge in [-0.25, -0.2) is 4.79 Å². The maximum atomic E-state index is 12.2. The molecule has 1 aliphatic heterocycles. The average Bonchev–Trinajstić information content (AvgIpc) is 3.40. The summed E-state index contributed by atoms with van der Waals surface area (Å²) in [5.41, 5.74) is 5.77. The maximum Gasteiger partial charge on any atom is 0.337 e. The number of hydrogen-bond acceptors (Lipinski definition) is 5. The Bertz CT molecular complexity index is 1750. The van der Waals surface area contributed by atoms with Gasteiger partial charge in [0.05, 0.1) is 31.2 Å². The Morgan fingerprint density at radius 2 is 1.89 bits per heavy atom. The Balaban J connectivity index is 1.61. The highest BCUT2D eigenvalue weighted by Crippen LogP contribution is 2.44. The average molecular weight is 576 g/mol. The molecule has 186 valence electrons. The zero-order valence-corrected chi connectivity index (χ0v) is 22.4. The summed E-state index contributed by atoms with van der Waals surface area (Å²) in [5.74, 6) is 0.338. The Morgan fingerprint density at radius 3 is 2.62 bits per heavy atom. The lowest BCUT2D eigenvalue weighted by atomic mass is 9.93. The molecule has 0 aliphatic carbocycles. The molecule has 1 atom stereocenters. The first-order valence-corrected chi connectivity index (χ1v) is 12.8. The van der Waals surface area contributed by atoms with E-state index in [1.165, 1.54) is 7.11 Å². The van der Waals surface area contributed by atoms with Crippen molar-refractivity contribution in [2.45, 2.75) is 12.5 Å². The second kappa shape index (κ2) is 8.93. The molecule has 1 aliphatic rings. The van der Waals surface area contributed by atoms with Crippen LogP contribution in [0, 0.1) is 4.77 Å². The van der Waals surface area contributed by atoms with Crippen molar-refractivity contribution in [3.05, 3.63) is 104 Å². The second-order valence-electron chi connectivity index (χ2n) is 8.86. The summed E-state index contributed by atoms with van der Waals surface area (Å²) < 4.78 is 15.3. The molecule has 37 heavy (non-hydrogen) atoms. The van der Waals surface area contributed by atoms with Gasteiger partial charge in [0.25, 0.3) is 0 Å². The number of aromatic nitrogens is 3. The number of benzene rings is 3. The number of methoxy groups -OCH3 is 2. The topological polar surface area (TPSA) is 81.4 Å². The monoisotopic (exact) mass is 575 g/mol. The molecule has 0 bridgehead atoms. The Hall–Kier alpha value is -3.82. The molecule has 0 saturated carbocycles. The van der Waals surface area contributed by atoms with Crippen molar-refractivity contribution in [1.82, 2.24) is 14.1 Å². The number of halogens is 1. The maximum absolute atomic E-state index is 12.2. The van der Waals surface area contributed by atoms with Gasteiger partial charge in [-0.1, -0.05) is 34.1 Å². The number of aromatic hydroxyl groups is 1. The van der Waals surface area contributed by atoms with Gasteiger partial charge in [0.1, 0.15) is 11.8 Å². The minimum atomic E-state index is -0.458. The molecule has 9 heteroatoms. The largest absolute Gasteiger partial charge is 0.497 e. The second-order valence-corrected chi connectivity index (χ2v) is 10.1. The molecule has 1 unspecified atom stereocenters. The van der Waals surface area contributed by atoms with Gasteiger partial charge >= 0.3 is 5.97 Å². The van der Waals surface area contributed by atoms with Crippen LogP contribution >= 0.6 is 28.1 Å². The van der Waals surface area contributed by atoms with E-state index in [0.717, 1.165) is 37.9 Å². The third-order valence-corrected chi connectivity index (χ3v) is 7.76. The smallest absolute Gasteiger partial charge is 0.337 e. The van der Waals surface area contributed by atoms with E-state index < -0.39 is 5.97 Å². The summed E-state index contributed by atoms with van der Waals surface area (Å²) in [7, 11) is 2.98. The molecule has 2 aromatic heterocycles. The molecular formula is C28H22BrN3O4S.